The minimum absolute atomic E-state index is 0.0713. The van der Waals surface area contributed by atoms with Gasteiger partial charge in [0.15, 0.2) is 6.10 Å². The molecule has 1 fully saturated rings. The third-order valence-electron chi connectivity index (χ3n) is 4.51. The van der Waals surface area contributed by atoms with Crippen LogP contribution >= 0.6 is 0 Å². The summed E-state index contributed by atoms with van der Waals surface area (Å²) in [5, 5.41) is 3.30. The lowest BCUT2D eigenvalue weighted by molar-refractivity contribution is -0.150. The summed E-state index contributed by atoms with van der Waals surface area (Å²) < 4.78 is 38.6. The number of rotatable bonds is 5. The fraction of sp³-hybridized carbons (Fsp3) is 0.588. The van der Waals surface area contributed by atoms with Gasteiger partial charge in [0.1, 0.15) is 5.75 Å². The van der Waals surface area contributed by atoms with Crippen LogP contribution < -0.4 is 14.8 Å². The van der Waals surface area contributed by atoms with Crippen molar-refractivity contribution in [3.63, 3.8) is 0 Å². The largest absolute Gasteiger partial charge is 0.478 e. The Morgan fingerprint density at radius 3 is 2.96 bits per heavy atom. The van der Waals surface area contributed by atoms with Crippen molar-refractivity contribution < 1.29 is 22.7 Å². The molecule has 8 heteroatoms. The first-order valence-corrected chi connectivity index (χ1v) is 10.1. The van der Waals surface area contributed by atoms with Crippen molar-refractivity contribution in [2.45, 2.75) is 56.2 Å². The van der Waals surface area contributed by atoms with Crippen molar-refractivity contribution >= 4 is 16.0 Å². The van der Waals surface area contributed by atoms with E-state index >= 15 is 0 Å². The summed E-state index contributed by atoms with van der Waals surface area (Å²) in [6.07, 6.45) is 1.15. The molecule has 2 aliphatic rings. The topological polar surface area (TPSA) is 93.7 Å². The number of carbonyl (C=O) groups is 1. The van der Waals surface area contributed by atoms with E-state index in [1.54, 1.807) is 19.1 Å². The molecule has 1 saturated heterocycles. The molecule has 0 amide bonds. The van der Waals surface area contributed by atoms with Crippen molar-refractivity contribution in [3.8, 4) is 5.75 Å². The van der Waals surface area contributed by atoms with E-state index in [9.17, 15) is 13.2 Å². The first-order chi connectivity index (χ1) is 11.9. The van der Waals surface area contributed by atoms with Gasteiger partial charge in [0, 0.05) is 18.5 Å². The normalized spacial score (nSPS) is 25.9. The van der Waals surface area contributed by atoms with Crippen LogP contribution in [-0.2, 0) is 26.0 Å². The molecule has 2 N–H and O–H groups in total. The summed E-state index contributed by atoms with van der Waals surface area (Å²) in [4.78, 5) is 12.0. The van der Waals surface area contributed by atoms with E-state index in [1.165, 1.54) is 6.07 Å². The Balaban J connectivity index is 1.72. The van der Waals surface area contributed by atoms with Gasteiger partial charge in [-0.25, -0.2) is 17.9 Å². The van der Waals surface area contributed by atoms with E-state index in [0.717, 1.165) is 19.4 Å². The van der Waals surface area contributed by atoms with Gasteiger partial charge in [0.05, 0.1) is 11.5 Å². The third-order valence-corrected chi connectivity index (χ3v) is 6.03. The van der Waals surface area contributed by atoms with Gasteiger partial charge in [-0.1, -0.05) is 0 Å². The molecule has 2 aliphatic heterocycles. The molecule has 0 radical (unpaired) electrons. The van der Waals surface area contributed by atoms with Gasteiger partial charge < -0.3 is 14.8 Å². The molecule has 1 aromatic carbocycles. The van der Waals surface area contributed by atoms with Crippen LogP contribution in [0.15, 0.2) is 23.1 Å². The highest BCUT2D eigenvalue weighted by molar-refractivity contribution is 7.89. The van der Waals surface area contributed by atoms with Crippen LogP contribution in [0.2, 0.25) is 0 Å². The molecule has 1 aromatic rings. The van der Waals surface area contributed by atoms with E-state index in [4.69, 9.17) is 9.47 Å². The number of fused-ring (bicyclic) bond motifs is 1. The summed E-state index contributed by atoms with van der Waals surface area (Å²) in [6.45, 7) is 4.86. The highest BCUT2D eigenvalue weighted by atomic mass is 32.2. The zero-order valence-electron chi connectivity index (χ0n) is 14.4. The number of nitrogens with one attached hydrogen (secondary N) is 2. The average molecular weight is 368 g/mol. The number of hydrogen-bond donors (Lipinski definition) is 2. The summed E-state index contributed by atoms with van der Waals surface area (Å²) in [7, 11) is -3.60. The Hall–Kier alpha value is -1.64. The molecule has 0 saturated carbocycles. The SMILES string of the molecule is CCOC(=O)C1Cc2cc(S(=O)(=O)NC3CCNC(C)C3)ccc2O1. The number of ether oxygens (including phenoxy) is 2. The second kappa shape index (κ2) is 7.31. The van der Waals surface area contributed by atoms with Crippen LogP contribution in [0.25, 0.3) is 0 Å². The van der Waals surface area contributed by atoms with E-state index in [-0.39, 0.29) is 17.5 Å². The molecule has 2 heterocycles. The molecule has 138 valence electrons. The number of hydrogen-bond acceptors (Lipinski definition) is 6. The molecule has 0 aromatic heterocycles. The summed E-state index contributed by atoms with van der Waals surface area (Å²) in [5.41, 5.74) is 0.708. The van der Waals surface area contributed by atoms with E-state index in [1.807, 2.05) is 6.92 Å². The molecular weight excluding hydrogens is 344 g/mol. The van der Waals surface area contributed by atoms with Crippen molar-refractivity contribution in [2.24, 2.45) is 0 Å². The standard InChI is InChI=1S/C17H24N2O5S/c1-3-23-17(20)16-10-12-9-14(4-5-15(12)24-16)25(21,22)19-13-6-7-18-11(2)8-13/h4-5,9,11,13,16,18-19H,3,6-8,10H2,1-2H3. The van der Waals surface area contributed by atoms with E-state index < -0.39 is 22.1 Å². The maximum atomic E-state index is 12.7. The maximum Gasteiger partial charge on any atom is 0.347 e. The van der Waals surface area contributed by atoms with Crippen molar-refractivity contribution in [1.82, 2.24) is 10.0 Å². The van der Waals surface area contributed by atoms with Gasteiger partial charge >= 0.3 is 5.97 Å². The summed E-state index contributed by atoms with van der Waals surface area (Å²) in [6, 6.07) is 4.92. The van der Waals surface area contributed by atoms with Gasteiger partial charge in [-0.05, 0) is 57.0 Å². The Labute approximate surface area is 148 Å². The first-order valence-electron chi connectivity index (χ1n) is 8.61. The minimum Gasteiger partial charge on any atom is -0.478 e. The number of piperidine rings is 1. The fourth-order valence-corrected chi connectivity index (χ4v) is 4.62. The fourth-order valence-electron chi connectivity index (χ4n) is 3.29. The lowest BCUT2D eigenvalue weighted by Crippen LogP contribution is -2.46. The number of carbonyl (C=O) groups excluding carboxylic acids is 1. The van der Waals surface area contributed by atoms with Crippen LogP contribution in [0.5, 0.6) is 5.75 Å². The van der Waals surface area contributed by atoms with Gasteiger partial charge in [0.25, 0.3) is 0 Å². The lowest BCUT2D eigenvalue weighted by atomic mass is 10.0. The second-order valence-corrected chi connectivity index (χ2v) is 8.24. The van der Waals surface area contributed by atoms with Crippen LogP contribution in [0, 0.1) is 0 Å². The van der Waals surface area contributed by atoms with Crippen LogP contribution in [0.3, 0.4) is 0 Å². The van der Waals surface area contributed by atoms with Crippen molar-refractivity contribution in [1.29, 1.82) is 0 Å². The molecule has 3 atom stereocenters. The first kappa shape index (κ1) is 18.2. The quantitative estimate of drug-likeness (QED) is 0.753. The van der Waals surface area contributed by atoms with Crippen LogP contribution in [-0.4, -0.2) is 45.7 Å². The highest BCUT2D eigenvalue weighted by Gasteiger charge is 2.32. The summed E-state index contributed by atoms with van der Waals surface area (Å²) >= 11 is 0. The highest BCUT2D eigenvalue weighted by Crippen LogP contribution is 2.31. The van der Waals surface area contributed by atoms with Gasteiger partial charge in [-0.15, -0.1) is 0 Å². The van der Waals surface area contributed by atoms with E-state index in [0.29, 0.717) is 23.8 Å². The molecule has 7 nitrogen and oxygen atoms in total. The number of esters is 1. The number of benzene rings is 1. The average Bonchev–Trinajstić information content (AvgIpc) is 2.98. The monoisotopic (exact) mass is 368 g/mol. The number of sulfonamides is 1. The Bertz CT molecular complexity index is 749. The smallest absolute Gasteiger partial charge is 0.347 e. The third kappa shape index (κ3) is 4.13. The maximum absolute atomic E-state index is 12.7. The molecule has 0 bridgehead atoms. The molecule has 3 rings (SSSR count). The predicted molar refractivity (Wildman–Crippen MR) is 92.0 cm³/mol. The predicted octanol–water partition coefficient (Wildman–Crippen LogP) is 0.972. The van der Waals surface area contributed by atoms with Gasteiger partial charge in [0.2, 0.25) is 10.0 Å². The van der Waals surface area contributed by atoms with Crippen LogP contribution in [0.4, 0.5) is 0 Å². The Morgan fingerprint density at radius 2 is 2.24 bits per heavy atom. The van der Waals surface area contributed by atoms with Crippen molar-refractivity contribution in [2.75, 3.05) is 13.2 Å². The van der Waals surface area contributed by atoms with Crippen LogP contribution in [0.1, 0.15) is 32.3 Å². The zero-order chi connectivity index (χ0) is 18.0. The summed E-state index contributed by atoms with van der Waals surface area (Å²) in [5.74, 6) is 0.109. The van der Waals surface area contributed by atoms with Gasteiger partial charge in [-0.2, -0.15) is 0 Å². The molecule has 25 heavy (non-hydrogen) atoms. The van der Waals surface area contributed by atoms with E-state index in [2.05, 4.69) is 10.0 Å². The second-order valence-electron chi connectivity index (χ2n) is 6.53. The van der Waals surface area contributed by atoms with Gasteiger partial charge in [-0.3, -0.25) is 0 Å². The Kier molecular flexibility index (Phi) is 5.31. The molecular formula is C17H24N2O5S. The minimum atomic E-state index is -3.60. The van der Waals surface area contributed by atoms with Crippen molar-refractivity contribution in [3.05, 3.63) is 23.8 Å². The lowest BCUT2D eigenvalue weighted by Gasteiger charge is -2.28. The zero-order valence-corrected chi connectivity index (χ0v) is 15.3. The molecule has 0 spiro atoms. The molecule has 3 unspecified atom stereocenters. The Morgan fingerprint density at radius 1 is 1.44 bits per heavy atom. The molecule has 0 aliphatic carbocycles.